The molecule has 1 saturated heterocycles. The second kappa shape index (κ2) is 5.24. The first-order valence-electron chi connectivity index (χ1n) is 6.41. The monoisotopic (exact) mass is 249 g/mol. The summed E-state index contributed by atoms with van der Waals surface area (Å²) in [6, 6.07) is 10.5. The number of aryl methyl sites for hydroxylation is 1. The molecule has 1 aromatic rings. The fraction of sp³-hybridized carbons (Fsp3) is 0.467. The number of fused-ring (bicyclic) bond motifs is 2. The first kappa shape index (κ1) is 12.7. The highest BCUT2D eigenvalue weighted by atomic mass is 35.5. The molecular weight excluding hydrogens is 230 g/mol. The maximum Gasteiger partial charge on any atom is 0.0259 e. The maximum absolute atomic E-state index is 3.64. The normalized spacial score (nSPS) is 26.3. The zero-order chi connectivity index (χ0) is 11.0. The molecule has 2 bridgehead atoms. The van der Waals surface area contributed by atoms with Crippen LogP contribution in [0.2, 0.25) is 0 Å². The van der Waals surface area contributed by atoms with Crippen molar-refractivity contribution < 1.29 is 0 Å². The molecule has 92 valence electrons. The Labute approximate surface area is 110 Å². The fourth-order valence-electron chi connectivity index (χ4n) is 2.89. The molecule has 1 aromatic carbocycles. The molecule has 0 radical (unpaired) electrons. The Morgan fingerprint density at radius 1 is 1.18 bits per heavy atom. The van der Waals surface area contributed by atoms with Crippen LogP contribution >= 0.6 is 12.4 Å². The molecule has 17 heavy (non-hydrogen) atoms. The van der Waals surface area contributed by atoms with E-state index in [1.807, 2.05) is 0 Å². The summed E-state index contributed by atoms with van der Waals surface area (Å²) in [5, 5.41) is 3.64. The average Bonchev–Trinajstić information content (AvgIpc) is 2.68. The van der Waals surface area contributed by atoms with Crippen molar-refractivity contribution in [2.24, 2.45) is 0 Å². The van der Waals surface area contributed by atoms with E-state index in [0.717, 1.165) is 12.5 Å². The molecular formula is C15H20ClN. The molecule has 1 fully saturated rings. The van der Waals surface area contributed by atoms with Crippen LogP contribution in [-0.2, 0) is 6.42 Å². The van der Waals surface area contributed by atoms with E-state index in [4.69, 9.17) is 0 Å². The molecule has 2 aliphatic rings. The van der Waals surface area contributed by atoms with E-state index in [1.165, 1.54) is 30.4 Å². The number of rotatable bonds is 2. The smallest absolute Gasteiger partial charge is 0.0259 e. The molecule has 0 amide bonds. The van der Waals surface area contributed by atoms with E-state index >= 15 is 0 Å². The third-order valence-corrected chi connectivity index (χ3v) is 3.88. The van der Waals surface area contributed by atoms with Crippen LogP contribution in [0.15, 0.2) is 30.3 Å². The molecule has 2 heterocycles. The zero-order valence-corrected chi connectivity index (χ0v) is 11.1. The van der Waals surface area contributed by atoms with E-state index in [2.05, 4.69) is 42.6 Å². The molecule has 2 unspecified atom stereocenters. The van der Waals surface area contributed by atoms with Crippen molar-refractivity contribution in [2.45, 2.75) is 44.7 Å². The van der Waals surface area contributed by atoms with E-state index < -0.39 is 0 Å². The van der Waals surface area contributed by atoms with Gasteiger partial charge in [-0.25, -0.2) is 0 Å². The molecule has 3 rings (SSSR count). The molecule has 0 aliphatic carbocycles. The van der Waals surface area contributed by atoms with Crippen molar-refractivity contribution in [3.05, 3.63) is 41.5 Å². The van der Waals surface area contributed by atoms with Crippen LogP contribution in [0.5, 0.6) is 0 Å². The molecule has 1 nitrogen and oxygen atoms in total. The lowest BCUT2D eigenvalue weighted by Crippen LogP contribution is -2.31. The highest BCUT2D eigenvalue weighted by Crippen LogP contribution is 2.31. The first-order valence-corrected chi connectivity index (χ1v) is 6.41. The summed E-state index contributed by atoms with van der Waals surface area (Å²) in [6.45, 7) is 2.21. The minimum atomic E-state index is 0. The van der Waals surface area contributed by atoms with Gasteiger partial charge in [-0.2, -0.15) is 0 Å². The van der Waals surface area contributed by atoms with Gasteiger partial charge < -0.3 is 5.32 Å². The summed E-state index contributed by atoms with van der Waals surface area (Å²) in [5.41, 5.74) is 4.41. The highest BCUT2D eigenvalue weighted by molar-refractivity contribution is 5.85. The van der Waals surface area contributed by atoms with Crippen molar-refractivity contribution in [1.29, 1.82) is 0 Å². The molecule has 2 atom stereocenters. The minimum absolute atomic E-state index is 0. The lowest BCUT2D eigenvalue weighted by Gasteiger charge is -2.21. The fourth-order valence-corrected chi connectivity index (χ4v) is 2.89. The van der Waals surface area contributed by atoms with Gasteiger partial charge in [-0.1, -0.05) is 37.3 Å². The van der Waals surface area contributed by atoms with E-state index in [9.17, 15) is 0 Å². The first-order chi connectivity index (χ1) is 7.85. The Morgan fingerprint density at radius 3 is 2.59 bits per heavy atom. The molecule has 0 spiro atoms. The van der Waals surface area contributed by atoms with Gasteiger partial charge >= 0.3 is 0 Å². The Balaban J connectivity index is 0.00000108. The van der Waals surface area contributed by atoms with Crippen molar-refractivity contribution in [3.8, 4) is 0 Å². The van der Waals surface area contributed by atoms with Crippen LogP contribution in [0, 0.1) is 0 Å². The third-order valence-electron chi connectivity index (χ3n) is 3.88. The highest BCUT2D eigenvalue weighted by Gasteiger charge is 2.27. The van der Waals surface area contributed by atoms with E-state index in [1.54, 1.807) is 5.57 Å². The molecule has 1 N–H and O–H groups in total. The lowest BCUT2D eigenvalue weighted by atomic mass is 9.95. The Kier molecular flexibility index (Phi) is 3.90. The van der Waals surface area contributed by atoms with Gasteiger partial charge in [-0.15, -0.1) is 12.4 Å². The predicted octanol–water partition coefficient (Wildman–Crippen LogP) is 3.58. The summed E-state index contributed by atoms with van der Waals surface area (Å²) in [4.78, 5) is 0. The van der Waals surface area contributed by atoms with Gasteiger partial charge in [0.1, 0.15) is 0 Å². The molecule has 2 heteroatoms. The van der Waals surface area contributed by atoms with Crippen molar-refractivity contribution in [3.63, 3.8) is 0 Å². The summed E-state index contributed by atoms with van der Waals surface area (Å²) in [6.07, 6.45) is 7.44. The second-order valence-electron chi connectivity index (χ2n) is 4.99. The predicted molar refractivity (Wildman–Crippen MR) is 75.6 cm³/mol. The maximum atomic E-state index is 3.64. The SMILES string of the molecule is CCc1ccc(C2=CC3CCC(C2)N3)cc1.Cl. The van der Waals surface area contributed by atoms with Crippen LogP contribution in [-0.4, -0.2) is 12.1 Å². The number of hydrogen-bond donors (Lipinski definition) is 1. The van der Waals surface area contributed by atoms with Crippen molar-refractivity contribution in [2.75, 3.05) is 0 Å². The zero-order valence-electron chi connectivity index (χ0n) is 10.3. The Hall–Kier alpha value is -0.790. The largest absolute Gasteiger partial charge is 0.307 e. The number of halogens is 1. The van der Waals surface area contributed by atoms with Gasteiger partial charge in [0, 0.05) is 12.1 Å². The van der Waals surface area contributed by atoms with Gasteiger partial charge in [0.25, 0.3) is 0 Å². The van der Waals surface area contributed by atoms with Crippen LogP contribution < -0.4 is 5.32 Å². The topological polar surface area (TPSA) is 12.0 Å². The molecule has 0 saturated carbocycles. The van der Waals surface area contributed by atoms with Gasteiger partial charge in [0.2, 0.25) is 0 Å². The lowest BCUT2D eigenvalue weighted by molar-refractivity contribution is 0.575. The number of nitrogens with one attached hydrogen (secondary N) is 1. The van der Waals surface area contributed by atoms with Gasteiger partial charge in [-0.05, 0) is 42.4 Å². The minimum Gasteiger partial charge on any atom is -0.307 e. The standard InChI is InChI=1S/C15H19N.ClH/c1-2-11-3-5-12(6-4-11)13-9-14-7-8-15(10-13)16-14;/h3-6,9,14-16H,2,7-8,10H2,1H3;1H. The van der Waals surface area contributed by atoms with Crippen LogP contribution in [0.25, 0.3) is 5.57 Å². The van der Waals surface area contributed by atoms with Gasteiger partial charge in [0.15, 0.2) is 0 Å². The van der Waals surface area contributed by atoms with Gasteiger partial charge in [-0.3, -0.25) is 0 Å². The van der Waals surface area contributed by atoms with E-state index in [-0.39, 0.29) is 12.4 Å². The molecule has 0 aromatic heterocycles. The third kappa shape index (κ3) is 2.56. The Morgan fingerprint density at radius 2 is 1.94 bits per heavy atom. The van der Waals surface area contributed by atoms with Crippen LogP contribution in [0.1, 0.15) is 37.3 Å². The number of benzene rings is 1. The van der Waals surface area contributed by atoms with E-state index in [0.29, 0.717) is 6.04 Å². The summed E-state index contributed by atoms with van der Waals surface area (Å²) in [7, 11) is 0. The van der Waals surface area contributed by atoms with Crippen LogP contribution in [0.3, 0.4) is 0 Å². The summed E-state index contributed by atoms with van der Waals surface area (Å²) >= 11 is 0. The average molecular weight is 250 g/mol. The number of hydrogen-bond acceptors (Lipinski definition) is 1. The summed E-state index contributed by atoms with van der Waals surface area (Å²) in [5.74, 6) is 0. The van der Waals surface area contributed by atoms with Gasteiger partial charge in [0.05, 0.1) is 0 Å². The summed E-state index contributed by atoms with van der Waals surface area (Å²) < 4.78 is 0. The van der Waals surface area contributed by atoms with Crippen molar-refractivity contribution in [1.82, 2.24) is 5.32 Å². The molecule has 2 aliphatic heterocycles. The van der Waals surface area contributed by atoms with Crippen molar-refractivity contribution >= 4 is 18.0 Å². The Bertz CT molecular complexity index is 407. The second-order valence-corrected chi connectivity index (χ2v) is 4.99. The van der Waals surface area contributed by atoms with Crippen LogP contribution in [0.4, 0.5) is 0 Å². The quantitative estimate of drug-likeness (QED) is 0.845.